The highest BCUT2D eigenvalue weighted by molar-refractivity contribution is 6.33. The maximum atomic E-state index is 11.1. The summed E-state index contributed by atoms with van der Waals surface area (Å²) < 4.78 is 4.43. The number of nitro benzene ring substituents is 1. The molecule has 0 heterocycles. The molecule has 0 fully saturated rings. The van der Waals surface area contributed by atoms with Crippen molar-refractivity contribution in [2.45, 2.75) is 6.42 Å². The van der Waals surface area contributed by atoms with E-state index in [1.165, 1.54) is 19.2 Å². The van der Waals surface area contributed by atoms with E-state index < -0.39 is 16.6 Å². The number of ether oxygens (including phenoxy) is 1. The van der Waals surface area contributed by atoms with Crippen LogP contribution in [0.3, 0.4) is 0 Å². The molecule has 0 radical (unpaired) electrons. The first kappa shape index (κ1) is 12.9. The summed E-state index contributed by atoms with van der Waals surface area (Å²) in [5.41, 5.74) is -0.381. The average molecular weight is 255 g/mol. The molecule has 0 saturated carbocycles. The second kappa shape index (κ2) is 5.27. The van der Waals surface area contributed by atoms with Crippen LogP contribution in [0.25, 0.3) is 0 Å². The lowest BCUT2D eigenvalue weighted by Crippen LogP contribution is -2.06. The van der Waals surface area contributed by atoms with Crippen molar-refractivity contribution in [3.63, 3.8) is 0 Å². The van der Waals surface area contributed by atoms with Crippen LogP contribution >= 0.6 is 11.6 Å². The molecule has 17 heavy (non-hydrogen) atoms. The van der Waals surface area contributed by atoms with E-state index >= 15 is 0 Å². The number of benzene rings is 1. The predicted octanol–water partition coefficient (Wildman–Crippen LogP) is 1.84. The van der Waals surface area contributed by atoms with Gasteiger partial charge in [0, 0.05) is 0 Å². The Labute approximate surface area is 102 Å². The number of hydrogen-bond acceptors (Lipinski definition) is 5. The van der Waals surface area contributed by atoms with E-state index in [1.807, 2.05) is 0 Å². The number of carbonyl (C=O) groups excluding carboxylic acids is 1. The number of esters is 1. The van der Waals surface area contributed by atoms with Gasteiger partial charge >= 0.3 is 11.7 Å². The molecule has 0 amide bonds. The molecule has 7 heteroatoms. The highest BCUT2D eigenvalue weighted by Gasteiger charge is 2.22. The van der Waals surface area contributed by atoms with Gasteiger partial charge in [0.2, 0.25) is 0 Å². The number of carbonyl (C=O) groups is 1. The van der Waals surface area contributed by atoms with Gasteiger partial charge in [-0.2, -0.15) is 5.26 Å². The fraction of sp³-hybridized carbons (Fsp3) is 0.200. The first-order chi connectivity index (χ1) is 8.01. The summed E-state index contributed by atoms with van der Waals surface area (Å²) >= 11 is 5.79. The van der Waals surface area contributed by atoms with Crippen LogP contribution in [0, 0.1) is 21.4 Å². The van der Waals surface area contributed by atoms with Gasteiger partial charge in [-0.05, 0) is 11.6 Å². The van der Waals surface area contributed by atoms with Crippen LogP contribution in [0.2, 0.25) is 5.02 Å². The minimum atomic E-state index is -0.748. The van der Waals surface area contributed by atoms with Crippen molar-refractivity contribution in [2.24, 2.45) is 0 Å². The Morgan fingerprint density at radius 3 is 2.76 bits per heavy atom. The molecule has 0 unspecified atom stereocenters. The van der Waals surface area contributed by atoms with Gasteiger partial charge in [0.05, 0.1) is 18.5 Å². The number of nitrogens with zero attached hydrogens (tertiary/aromatic N) is 2. The molecule has 6 nitrogen and oxygen atoms in total. The molecule has 0 spiro atoms. The molecule has 0 atom stereocenters. The van der Waals surface area contributed by atoms with Crippen molar-refractivity contribution >= 4 is 23.3 Å². The fourth-order valence-corrected chi connectivity index (χ4v) is 1.54. The summed E-state index contributed by atoms with van der Waals surface area (Å²) in [5.74, 6) is -0.564. The van der Waals surface area contributed by atoms with Gasteiger partial charge in [-0.1, -0.05) is 17.7 Å². The van der Waals surface area contributed by atoms with Crippen LogP contribution in [-0.2, 0) is 16.0 Å². The summed E-state index contributed by atoms with van der Waals surface area (Å²) in [6.07, 6.45) is -0.179. The summed E-state index contributed by atoms with van der Waals surface area (Å²) in [6.45, 7) is 0. The standard InChI is InChI=1S/C10H7ClN2O4/c1-17-8(14)4-6-2-3-7(5-12)10(9(6)11)13(15)16/h2-3H,4H2,1H3. The lowest BCUT2D eigenvalue weighted by Gasteiger charge is -2.04. The van der Waals surface area contributed by atoms with Crippen LogP contribution in [0.15, 0.2) is 12.1 Å². The number of methoxy groups -OCH3 is 1. The van der Waals surface area contributed by atoms with Crippen molar-refractivity contribution in [3.8, 4) is 6.07 Å². The lowest BCUT2D eigenvalue weighted by atomic mass is 10.1. The van der Waals surface area contributed by atoms with Gasteiger partial charge in [-0.15, -0.1) is 0 Å². The van der Waals surface area contributed by atoms with Crippen molar-refractivity contribution in [1.29, 1.82) is 5.26 Å². The second-order valence-electron chi connectivity index (χ2n) is 3.06. The van der Waals surface area contributed by atoms with Gasteiger partial charge in [-0.25, -0.2) is 0 Å². The molecule has 0 aliphatic carbocycles. The van der Waals surface area contributed by atoms with Gasteiger partial charge in [0.1, 0.15) is 16.7 Å². The normalized spacial score (nSPS) is 9.47. The quantitative estimate of drug-likeness (QED) is 0.466. The van der Waals surface area contributed by atoms with Gasteiger partial charge in [-0.3, -0.25) is 14.9 Å². The Bertz CT molecular complexity index is 522. The highest BCUT2D eigenvalue weighted by atomic mass is 35.5. The van der Waals surface area contributed by atoms with Crippen molar-refractivity contribution in [2.75, 3.05) is 7.11 Å². The molecule has 88 valence electrons. The average Bonchev–Trinajstić information content (AvgIpc) is 2.30. The predicted molar refractivity (Wildman–Crippen MR) is 58.5 cm³/mol. The Morgan fingerprint density at radius 2 is 2.29 bits per heavy atom. The molecule has 1 rings (SSSR count). The van der Waals surface area contributed by atoms with E-state index in [0.717, 1.165) is 0 Å². The van der Waals surface area contributed by atoms with Crippen LogP contribution in [0.5, 0.6) is 0 Å². The zero-order chi connectivity index (χ0) is 13.0. The van der Waals surface area contributed by atoms with Crippen molar-refractivity contribution in [1.82, 2.24) is 0 Å². The van der Waals surface area contributed by atoms with Gasteiger partial charge < -0.3 is 4.74 Å². The van der Waals surface area contributed by atoms with Crippen LogP contribution in [0.1, 0.15) is 11.1 Å². The van der Waals surface area contributed by atoms with Crippen LogP contribution < -0.4 is 0 Å². The fourth-order valence-electron chi connectivity index (χ4n) is 1.24. The first-order valence-corrected chi connectivity index (χ1v) is 4.81. The minimum Gasteiger partial charge on any atom is -0.469 e. The zero-order valence-corrected chi connectivity index (χ0v) is 9.52. The van der Waals surface area contributed by atoms with E-state index in [-0.39, 0.29) is 22.6 Å². The van der Waals surface area contributed by atoms with Crippen LogP contribution in [-0.4, -0.2) is 18.0 Å². The van der Waals surface area contributed by atoms with E-state index in [2.05, 4.69) is 4.74 Å². The lowest BCUT2D eigenvalue weighted by molar-refractivity contribution is -0.385. The number of nitro groups is 1. The largest absolute Gasteiger partial charge is 0.469 e. The molecule has 0 aliphatic rings. The summed E-state index contributed by atoms with van der Waals surface area (Å²) in [5, 5.41) is 19.3. The Kier molecular flexibility index (Phi) is 4.01. The summed E-state index contributed by atoms with van der Waals surface area (Å²) in [6, 6.07) is 4.32. The Morgan fingerprint density at radius 1 is 1.65 bits per heavy atom. The maximum absolute atomic E-state index is 11.1. The Hall–Kier alpha value is -2.13. The highest BCUT2D eigenvalue weighted by Crippen LogP contribution is 2.31. The van der Waals surface area contributed by atoms with Gasteiger partial charge in [0.15, 0.2) is 0 Å². The monoisotopic (exact) mass is 254 g/mol. The number of nitriles is 1. The van der Waals surface area contributed by atoms with E-state index in [4.69, 9.17) is 16.9 Å². The molecule has 1 aromatic carbocycles. The molecule has 0 bridgehead atoms. The van der Waals surface area contributed by atoms with E-state index in [0.29, 0.717) is 0 Å². The zero-order valence-electron chi connectivity index (χ0n) is 8.77. The first-order valence-electron chi connectivity index (χ1n) is 4.44. The second-order valence-corrected chi connectivity index (χ2v) is 3.43. The minimum absolute atomic E-state index is 0.145. The third-order valence-corrected chi connectivity index (χ3v) is 2.48. The summed E-state index contributed by atoms with van der Waals surface area (Å²) in [4.78, 5) is 21.1. The molecule has 1 aromatic rings. The SMILES string of the molecule is COC(=O)Cc1ccc(C#N)c([N+](=O)[O-])c1Cl. The Balaban J connectivity index is 3.29. The molecular weight excluding hydrogens is 248 g/mol. The van der Waals surface area contributed by atoms with Crippen LogP contribution in [0.4, 0.5) is 5.69 Å². The smallest absolute Gasteiger partial charge is 0.310 e. The van der Waals surface area contributed by atoms with Crippen molar-refractivity contribution in [3.05, 3.63) is 38.4 Å². The maximum Gasteiger partial charge on any atom is 0.310 e. The number of halogens is 1. The molecular formula is C10H7ClN2O4. The molecule has 0 aliphatic heterocycles. The number of hydrogen-bond donors (Lipinski definition) is 0. The third-order valence-electron chi connectivity index (χ3n) is 2.06. The van der Waals surface area contributed by atoms with Gasteiger partial charge in [0.25, 0.3) is 0 Å². The van der Waals surface area contributed by atoms with E-state index in [1.54, 1.807) is 6.07 Å². The number of rotatable bonds is 3. The topological polar surface area (TPSA) is 93.2 Å². The summed E-state index contributed by atoms with van der Waals surface area (Å²) in [7, 11) is 1.20. The molecule has 0 N–H and O–H groups in total. The molecule has 0 saturated heterocycles. The van der Waals surface area contributed by atoms with Crippen molar-refractivity contribution < 1.29 is 14.5 Å². The third kappa shape index (κ3) is 2.71. The van der Waals surface area contributed by atoms with E-state index in [9.17, 15) is 14.9 Å². The molecule has 0 aromatic heterocycles.